The summed E-state index contributed by atoms with van der Waals surface area (Å²) in [6.07, 6.45) is 15.5. The first kappa shape index (κ1) is 16.1. The molecule has 0 atom stereocenters. The van der Waals surface area contributed by atoms with E-state index in [0.29, 0.717) is 0 Å². The van der Waals surface area contributed by atoms with Crippen molar-refractivity contribution in [2.75, 3.05) is 19.6 Å². The van der Waals surface area contributed by atoms with Gasteiger partial charge in [0.2, 0.25) is 0 Å². The fourth-order valence-electron chi connectivity index (χ4n) is 4.66. The number of piperidine rings is 1. The second kappa shape index (κ2) is 7.26. The number of rotatable bonds is 4. The number of fused-ring (bicyclic) bond motifs is 1. The quantitative estimate of drug-likeness (QED) is 0.815. The Balaban J connectivity index is 1.36. The molecule has 0 unspecified atom stereocenters. The second-order valence-electron chi connectivity index (χ2n) is 7.89. The molecule has 2 aromatic rings. The monoisotopic (exact) mass is 325 g/mol. The van der Waals surface area contributed by atoms with Crippen LogP contribution in [0.25, 0.3) is 5.65 Å². The van der Waals surface area contributed by atoms with E-state index in [1.54, 1.807) is 0 Å². The highest BCUT2D eigenvalue weighted by Crippen LogP contribution is 2.30. The van der Waals surface area contributed by atoms with Gasteiger partial charge >= 0.3 is 0 Å². The van der Waals surface area contributed by atoms with Crippen molar-refractivity contribution in [3.05, 3.63) is 35.8 Å². The first-order chi connectivity index (χ1) is 11.8. The van der Waals surface area contributed by atoms with Gasteiger partial charge in [-0.05, 0) is 68.7 Å². The van der Waals surface area contributed by atoms with Crippen molar-refractivity contribution in [1.29, 1.82) is 0 Å². The highest BCUT2D eigenvalue weighted by molar-refractivity contribution is 5.42. The van der Waals surface area contributed by atoms with Crippen LogP contribution in [0.15, 0.2) is 24.5 Å². The lowest BCUT2D eigenvalue weighted by Crippen LogP contribution is -2.37. The zero-order chi connectivity index (χ0) is 16.4. The Morgan fingerprint density at radius 1 is 1.00 bits per heavy atom. The van der Waals surface area contributed by atoms with E-state index >= 15 is 0 Å². The molecule has 2 aliphatic rings. The minimum Gasteiger partial charge on any atom is -0.307 e. The van der Waals surface area contributed by atoms with Gasteiger partial charge in [0, 0.05) is 18.9 Å². The number of hydrogen-bond donors (Lipinski definition) is 0. The van der Waals surface area contributed by atoms with Crippen molar-refractivity contribution < 1.29 is 0 Å². The molecule has 3 heteroatoms. The third-order valence-corrected chi connectivity index (χ3v) is 6.19. The van der Waals surface area contributed by atoms with Gasteiger partial charge in [0.25, 0.3) is 0 Å². The number of pyridine rings is 1. The zero-order valence-corrected chi connectivity index (χ0v) is 15.1. The van der Waals surface area contributed by atoms with Crippen LogP contribution in [0.4, 0.5) is 0 Å². The van der Waals surface area contributed by atoms with Gasteiger partial charge in [0.15, 0.2) is 0 Å². The van der Waals surface area contributed by atoms with Crippen LogP contribution >= 0.6 is 0 Å². The van der Waals surface area contributed by atoms with Crippen molar-refractivity contribution in [2.45, 2.75) is 64.2 Å². The van der Waals surface area contributed by atoms with Crippen LogP contribution in [0.2, 0.25) is 0 Å². The molecule has 3 heterocycles. The van der Waals surface area contributed by atoms with Gasteiger partial charge in [0.05, 0.1) is 5.69 Å². The Kier molecular flexibility index (Phi) is 4.88. The highest BCUT2D eigenvalue weighted by atomic mass is 15.1. The molecule has 4 rings (SSSR count). The predicted octanol–water partition coefficient (Wildman–Crippen LogP) is 4.66. The third-order valence-electron chi connectivity index (χ3n) is 6.19. The van der Waals surface area contributed by atoms with Gasteiger partial charge in [-0.15, -0.1) is 0 Å². The molecule has 24 heavy (non-hydrogen) atoms. The number of hydrogen-bond acceptors (Lipinski definition) is 2. The third kappa shape index (κ3) is 3.51. The summed E-state index contributed by atoms with van der Waals surface area (Å²) in [5.74, 6) is 1.70. The molecular weight excluding hydrogens is 294 g/mol. The van der Waals surface area contributed by atoms with Crippen molar-refractivity contribution in [3.63, 3.8) is 0 Å². The van der Waals surface area contributed by atoms with Gasteiger partial charge < -0.3 is 9.30 Å². The number of imidazole rings is 1. The molecule has 0 radical (unpaired) electrons. The SMILES string of the molecule is CCc1cn2cc(C3CCN(CC4CCCCC4)CC3)ccc2n1. The topological polar surface area (TPSA) is 20.5 Å². The molecule has 0 spiro atoms. The Bertz CT molecular complexity index is 661. The van der Waals surface area contributed by atoms with Crippen LogP contribution in [-0.2, 0) is 6.42 Å². The van der Waals surface area contributed by atoms with E-state index in [4.69, 9.17) is 0 Å². The largest absolute Gasteiger partial charge is 0.307 e. The highest BCUT2D eigenvalue weighted by Gasteiger charge is 2.23. The number of likely N-dealkylation sites (tertiary alicyclic amines) is 1. The summed E-state index contributed by atoms with van der Waals surface area (Å²) in [6.45, 7) is 6.09. The smallest absolute Gasteiger partial charge is 0.136 e. The second-order valence-corrected chi connectivity index (χ2v) is 7.89. The first-order valence-corrected chi connectivity index (χ1v) is 10.0. The van der Waals surface area contributed by atoms with Gasteiger partial charge in [-0.3, -0.25) is 0 Å². The maximum absolute atomic E-state index is 4.65. The Labute approximate surface area is 146 Å². The predicted molar refractivity (Wildman–Crippen MR) is 99.6 cm³/mol. The van der Waals surface area contributed by atoms with E-state index in [9.17, 15) is 0 Å². The van der Waals surface area contributed by atoms with Crippen LogP contribution in [0.5, 0.6) is 0 Å². The molecule has 2 fully saturated rings. The summed E-state index contributed by atoms with van der Waals surface area (Å²) in [5, 5.41) is 0. The van der Waals surface area contributed by atoms with Crippen LogP contribution in [0.1, 0.15) is 69.0 Å². The lowest BCUT2D eigenvalue weighted by Gasteiger charge is -2.35. The Morgan fingerprint density at radius 3 is 2.54 bits per heavy atom. The van der Waals surface area contributed by atoms with E-state index in [2.05, 4.69) is 45.7 Å². The van der Waals surface area contributed by atoms with Gasteiger partial charge in [-0.2, -0.15) is 0 Å². The molecule has 0 bridgehead atoms. The molecule has 3 nitrogen and oxygen atoms in total. The molecule has 1 aliphatic heterocycles. The summed E-state index contributed by atoms with van der Waals surface area (Å²) < 4.78 is 2.22. The van der Waals surface area contributed by atoms with Crippen molar-refractivity contribution in [3.8, 4) is 0 Å². The van der Waals surface area contributed by atoms with Gasteiger partial charge in [0.1, 0.15) is 5.65 Å². The summed E-state index contributed by atoms with van der Waals surface area (Å²) in [5.41, 5.74) is 3.78. The number of aromatic nitrogens is 2. The average molecular weight is 326 g/mol. The molecule has 0 N–H and O–H groups in total. The molecule has 130 valence electrons. The van der Waals surface area contributed by atoms with Crippen LogP contribution < -0.4 is 0 Å². The van der Waals surface area contributed by atoms with Crippen molar-refractivity contribution >= 4 is 5.65 Å². The molecule has 0 aromatic carbocycles. The molecule has 1 saturated carbocycles. The minimum absolute atomic E-state index is 0.726. The van der Waals surface area contributed by atoms with Crippen molar-refractivity contribution in [1.82, 2.24) is 14.3 Å². The number of aryl methyl sites for hydroxylation is 1. The standard InChI is InChI=1S/C21H31N3/c1-2-20-16-24-15-19(8-9-21(24)22-20)18-10-12-23(13-11-18)14-17-6-4-3-5-7-17/h8-9,15-18H,2-7,10-14H2,1H3. The Hall–Kier alpha value is -1.35. The molecule has 1 aliphatic carbocycles. The number of nitrogens with zero attached hydrogens (tertiary/aromatic N) is 3. The van der Waals surface area contributed by atoms with E-state index < -0.39 is 0 Å². The van der Waals surface area contributed by atoms with Crippen molar-refractivity contribution in [2.24, 2.45) is 5.92 Å². The normalized spacial score (nSPS) is 21.5. The average Bonchev–Trinajstić information content (AvgIpc) is 3.05. The Morgan fingerprint density at radius 2 is 1.79 bits per heavy atom. The molecule has 2 aromatic heterocycles. The van der Waals surface area contributed by atoms with Crippen LogP contribution in [-0.4, -0.2) is 33.9 Å². The summed E-state index contributed by atoms with van der Waals surface area (Å²) in [4.78, 5) is 7.38. The van der Waals surface area contributed by atoms with Gasteiger partial charge in [-0.25, -0.2) is 4.98 Å². The fraction of sp³-hybridized carbons (Fsp3) is 0.667. The summed E-state index contributed by atoms with van der Waals surface area (Å²) in [6, 6.07) is 4.51. The van der Waals surface area contributed by atoms with Crippen LogP contribution in [0, 0.1) is 5.92 Å². The van der Waals surface area contributed by atoms with Gasteiger partial charge in [-0.1, -0.05) is 32.3 Å². The molecule has 0 amide bonds. The summed E-state index contributed by atoms with van der Waals surface area (Å²) >= 11 is 0. The molecule has 1 saturated heterocycles. The lowest BCUT2D eigenvalue weighted by molar-refractivity contribution is 0.164. The molecular formula is C21H31N3. The lowest BCUT2D eigenvalue weighted by atomic mass is 9.87. The van der Waals surface area contributed by atoms with E-state index in [0.717, 1.165) is 23.9 Å². The van der Waals surface area contributed by atoms with E-state index in [-0.39, 0.29) is 0 Å². The van der Waals surface area contributed by atoms with E-state index in [1.165, 1.54) is 75.8 Å². The first-order valence-electron chi connectivity index (χ1n) is 10.0. The fourth-order valence-corrected chi connectivity index (χ4v) is 4.66. The minimum atomic E-state index is 0.726. The summed E-state index contributed by atoms with van der Waals surface area (Å²) in [7, 11) is 0. The zero-order valence-electron chi connectivity index (χ0n) is 15.1. The maximum atomic E-state index is 4.65. The maximum Gasteiger partial charge on any atom is 0.136 e. The van der Waals surface area contributed by atoms with E-state index in [1.807, 2.05) is 0 Å². The van der Waals surface area contributed by atoms with Crippen LogP contribution in [0.3, 0.4) is 0 Å².